The lowest BCUT2D eigenvalue weighted by atomic mass is 10.0. The second-order valence-electron chi connectivity index (χ2n) is 4.41. The Morgan fingerprint density at radius 3 is 2.71 bits per heavy atom. The molecule has 2 N–H and O–H groups in total. The van der Waals surface area contributed by atoms with Crippen LogP contribution in [-0.4, -0.2) is 9.78 Å². The highest BCUT2D eigenvalue weighted by atomic mass is 15.3. The van der Waals surface area contributed by atoms with E-state index in [1.807, 2.05) is 24.7 Å². The van der Waals surface area contributed by atoms with E-state index in [2.05, 4.69) is 36.3 Å². The van der Waals surface area contributed by atoms with Crippen LogP contribution in [0.5, 0.6) is 0 Å². The first-order valence-corrected chi connectivity index (χ1v) is 5.96. The molecule has 0 bridgehead atoms. The van der Waals surface area contributed by atoms with Crippen LogP contribution in [0.25, 0.3) is 0 Å². The Morgan fingerprint density at radius 2 is 2.12 bits per heavy atom. The fourth-order valence-corrected chi connectivity index (χ4v) is 2.10. The van der Waals surface area contributed by atoms with E-state index in [0.29, 0.717) is 0 Å². The second kappa shape index (κ2) is 4.72. The Labute approximate surface area is 102 Å². The highest BCUT2D eigenvalue weighted by molar-refractivity contribution is 5.31. The zero-order valence-corrected chi connectivity index (χ0v) is 10.6. The van der Waals surface area contributed by atoms with E-state index in [9.17, 15) is 0 Å². The van der Waals surface area contributed by atoms with Crippen LogP contribution in [-0.2, 0) is 13.5 Å². The van der Waals surface area contributed by atoms with Gasteiger partial charge in [-0.05, 0) is 30.5 Å². The number of aromatic nitrogens is 2. The largest absolute Gasteiger partial charge is 0.319 e. The van der Waals surface area contributed by atoms with Gasteiger partial charge in [-0.2, -0.15) is 5.10 Å². The lowest BCUT2D eigenvalue weighted by Gasteiger charge is -2.13. The van der Waals surface area contributed by atoms with Gasteiger partial charge in [-0.15, -0.1) is 0 Å². The van der Waals surface area contributed by atoms with E-state index in [1.165, 1.54) is 5.56 Å². The fraction of sp³-hybridized carbons (Fsp3) is 0.357. The third kappa shape index (κ3) is 2.39. The lowest BCUT2D eigenvalue weighted by molar-refractivity contribution is 0.669. The van der Waals surface area contributed by atoms with Crippen molar-refractivity contribution in [1.82, 2.24) is 9.78 Å². The molecule has 17 heavy (non-hydrogen) atoms. The zero-order valence-electron chi connectivity index (χ0n) is 10.6. The number of hydrogen-bond donors (Lipinski definition) is 1. The standard InChI is InChI=1S/C14H19N3/c1-4-11-6-5-7-12(9-11)14(15)13-8-10(2)16-17(13)3/h5-9,14H,4,15H2,1-3H3. The number of aryl methyl sites for hydroxylation is 3. The van der Waals surface area contributed by atoms with Gasteiger partial charge in [-0.1, -0.05) is 31.2 Å². The Kier molecular flexibility index (Phi) is 3.29. The molecule has 0 aliphatic heterocycles. The van der Waals surface area contributed by atoms with Crippen molar-refractivity contribution in [3.63, 3.8) is 0 Å². The molecule has 1 atom stereocenters. The summed E-state index contributed by atoms with van der Waals surface area (Å²) in [6.07, 6.45) is 1.03. The second-order valence-corrected chi connectivity index (χ2v) is 4.41. The Hall–Kier alpha value is -1.61. The van der Waals surface area contributed by atoms with Crippen LogP contribution < -0.4 is 5.73 Å². The maximum atomic E-state index is 6.29. The topological polar surface area (TPSA) is 43.8 Å². The number of hydrogen-bond acceptors (Lipinski definition) is 2. The van der Waals surface area contributed by atoms with Crippen LogP contribution in [0.2, 0.25) is 0 Å². The molecule has 0 saturated heterocycles. The Bertz CT molecular complexity index is 514. The zero-order chi connectivity index (χ0) is 12.4. The van der Waals surface area contributed by atoms with E-state index in [4.69, 9.17) is 5.73 Å². The Morgan fingerprint density at radius 1 is 1.35 bits per heavy atom. The average Bonchev–Trinajstić information content (AvgIpc) is 2.67. The average molecular weight is 229 g/mol. The normalized spacial score (nSPS) is 12.7. The summed E-state index contributed by atoms with van der Waals surface area (Å²) < 4.78 is 1.86. The van der Waals surface area contributed by atoms with Crippen molar-refractivity contribution in [3.05, 3.63) is 52.8 Å². The van der Waals surface area contributed by atoms with Gasteiger partial charge in [0.1, 0.15) is 0 Å². The summed E-state index contributed by atoms with van der Waals surface area (Å²) in [5.74, 6) is 0. The molecule has 0 amide bonds. The molecular weight excluding hydrogens is 210 g/mol. The van der Waals surface area contributed by atoms with Gasteiger partial charge in [0.15, 0.2) is 0 Å². The lowest BCUT2D eigenvalue weighted by Crippen LogP contribution is -2.16. The van der Waals surface area contributed by atoms with Crippen molar-refractivity contribution in [3.8, 4) is 0 Å². The number of nitrogens with zero attached hydrogens (tertiary/aromatic N) is 2. The third-order valence-corrected chi connectivity index (χ3v) is 3.08. The van der Waals surface area contributed by atoms with Gasteiger partial charge in [0.05, 0.1) is 17.4 Å². The van der Waals surface area contributed by atoms with E-state index in [1.54, 1.807) is 0 Å². The summed E-state index contributed by atoms with van der Waals surface area (Å²) in [6, 6.07) is 10.4. The van der Waals surface area contributed by atoms with Crippen molar-refractivity contribution in [1.29, 1.82) is 0 Å². The SMILES string of the molecule is CCc1cccc(C(N)c2cc(C)nn2C)c1. The predicted molar refractivity (Wildman–Crippen MR) is 69.8 cm³/mol. The highest BCUT2D eigenvalue weighted by Gasteiger charge is 2.13. The minimum Gasteiger partial charge on any atom is -0.319 e. The molecule has 3 nitrogen and oxygen atoms in total. The molecular formula is C14H19N3. The molecule has 90 valence electrons. The molecule has 1 aromatic carbocycles. The maximum Gasteiger partial charge on any atom is 0.0723 e. The van der Waals surface area contributed by atoms with Crippen LogP contribution in [0.1, 0.15) is 35.5 Å². The smallest absolute Gasteiger partial charge is 0.0723 e. The molecule has 2 aromatic rings. The van der Waals surface area contributed by atoms with Crippen molar-refractivity contribution in [2.75, 3.05) is 0 Å². The summed E-state index contributed by atoms with van der Waals surface area (Å²) in [7, 11) is 1.94. The van der Waals surface area contributed by atoms with Crippen LogP contribution in [0.15, 0.2) is 30.3 Å². The van der Waals surface area contributed by atoms with Gasteiger partial charge in [-0.3, -0.25) is 4.68 Å². The number of nitrogens with two attached hydrogens (primary N) is 1. The van der Waals surface area contributed by atoms with Crippen LogP contribution in [0.4, 0.5) is 0 Å². The monoisotopic (exact) mass is 229 g/mol. The van der Waals surface area contributed by atoms with Crippen LogP contribution in [0, 0.1) is 6.92 Å². The van der Waals surface area contributed by atoms with Gasteiger partial charge < -0.3 is 5.73 Å². The van der Waals surface area contributed by atoms with Crippen LogP contribution >= 0.6 is 0 Å². The van der Waals surface area contributed by atoms with Crippen molar-refractivity contribution >= 4 is 0 Å². The van der Waals surface area contributed by atoms with Crippen molar-refractivity contribution in [2.24, 2.45) is 12.8 Å². The molecule has 0 aliphatic rings. The van der Waals surface area contributed by atoms with E-state index in [-0.39, 0.29) is 6.04 Å². The summed E-state index contributed by atoms with van der Waals surface area (Å²) >= 11 is 0. The van der Waals surface area contributed by atoms with Gasteiger partial charge >= 0.3 is 0 Å². The van der Waals surface area contributed by atoms with Crippen molar-refractivity contribution < 1.29 is 0 Å². The first-order valence-electron chi connectivity index (χ1n) is 5.96. The fourth-order valence-electron chi connectivity index (χ4n) is 2.10. The minimum absolute atomic E-state index is 0.104. The van der Waals surface area contributed by atoms with Crippen molar-refractivity contribution in [2.45, 2.75) is 26.3 Å². The predicted octanol–water partition coefficient (Wildman–Crippen LogP) is 2.34. The summed E-state index contributed by atoms with van der Waals surface area (Å²) in [5, 5.41) is 4.34. The molecule has 1 aromatic heterocycles. The van der Waals surface area contributed by atoms with Gasteiger partial charge in [0, 0.05) is 7.05 Å². The van der Waals surface area contributed by atoms with Gasteiger partial charge in [0.25, 0.3) is 0 Å². The highest BCUT2D eigenvalue weighted by Crippen LogP contribution is 2.20. The Balaban J connectivity index is 2.36. The molecule has 2 rings (SSSR count). The van der Waals surface area contributed by atoms with Gasteiger partial charge in [-0.25, -0.2) is 0 Å². The van der Waals surface area contributed by atoms with E-state index >= 15 is 0 Å². The molecule has 0 aliphatic carbocycles. The van der Waals surface area contributed by atoms with Gasteiger partial charge in [0.2, 0.25) is 0 Å². The summed E-state index contributed by atoms with van der Waals surface area (Å²) in [6.45, 7) is 4.14. The molecule has 0 fully saturated rings. The maximum absolute atomic E-state index is 6.29. The first kappa shape index (κ1) is 11.9. The summed E-state index contributed by atoms with van der Waals surface area (Å²) in [4.78, 5) is 0. The molecule has 0 spiro atoms. The molecule has 1 heterocycles. The molecule has 0 saturated carbocycles. The quantitative estimate of drug-likeness (QED) is 0.878. The molecule has 3 heteroatoms. The molecule has 1 unspecified atom stereocenters. The third-order valence-electron chi connectivity index (χ3n) is 3.08. The first-order chi connectivity index (χ1) is 8.11. The van der Waals surface area contributed by atoms with E-state index < -0.39 is 0 Å². The number of benzene rings is 1. The number of rotatable bonds is 3. The van der Waals surface area contributed by atoms with E-state index in [0.717, 1.165) is 23.4 Å². The van der Waals surface area contributed by atoms with Crippen LogP contribution in [0.3, 0.4) is 0 Å². The molecule has 0 radical (unpaired) electrons. The summed E-state index contributed by atoms with van der Waals surface area (Å²) in [5.41, 5.74) is 10.8. The minimum atomic E-state index is -0.104.